The minimum atomic E-state index is -2.04. The lowest BCUT2D eigenvalue weighted by Crippen LogP contribution is -2.51. The van der Waals surface area contributed by atoms with Crippen molar-refractivity contribution in [3.05, 3.63) is 69.6 Å². The maximum atomic E-state index is 16.8. The van der Waals surface area contributed by atoms with Gasteiger partial charge in [0.1, 0.15) is 16.3 Å². The number of aromatic nitrogens is 1. The number of fused-ring (bicyclic) bond motifs is 2. The fraction of sp³-hybridized carbons (Fsp3) is 0.436. The lowest BCUT2D eigenvalue weighted by atomic mass is 9.92. The average molecular weight is 767 g/mol. The minimum Gasteiger partial charge on any atom is -0.444 e. The number of rotatable bonds is 8. The number of carbonyl (C=O) groups is 1. The maximum Gasteiger partial charge on any atom is 0.410 e. The molecule has 1 fully saturated rings. The molecule has 13 heteroatoms. The molecule has 9 nitrogen and oxygen atoms in total. The summed E-state index contributed by atoms with van der Waals surface area (Å²) < 4.78 is 29.1. The molecule has 5 rings (SSSR count). The van der Waals surface area contributed by atoms with Crippen LogP contribution in [0.25, 0.3) is 32.8 Å². The molecule has 1 aliphatic heterocycles. The van der Waals surface area contributed by atoms with Gasteiger partial charge < -0.3 is 24.6 Å². The number of carbonyl (C=O) groups excluding carboxylic acids is 1. The smallest absolute Gasteiger partial charge is 0.410 e. The number of nitrogens with one attached hydrogen (secondary N) is 1. The molecule has 2 atom stereocenters. The predicted octanol–water partition coefficient (Wildman–Crippen LogP) is 10.8. The second kappa shape index (κ2) is 15.2. The topological polar surface area (TPSA) is 120 Å². The Balaban J connectivity index is 1.55. The van der Waals surface area contributed by atoms with Gasteiger partial charge in [-0.3, -0.25) is 0 Å². The number of benzene rings is 3. The molecule has 1 aromatic heterocycles. The van der Waals surface area contributed by atoms with Gasteiger partial charge in [0.15, 0.2) is 14.1 Å². The van der Waals surface area contributed by atoms with Crippen LogP contribution in [0.4, 0.5) is 14.9 Å². The number of ether oxygens (including phenoxy) is 1. The van der Waals surface area contributed by atoms with Crippen molar-refractivity contribution in [2.45, 2.75) is 96.6 Å². The van der Waals surface area contributed by atoms with Gasteiger partial charge in [0, 0.05) is 41.6 Å². The van der Waals surface area contributed by atoms with Crippen LogP contribution >= 0.6 is 23.2 Å². The third-order valence-electron chi connectivity index (χ3n) is 10.1. The van der Waals surface area contributed by atoms with Crippen molar-refractivity contribution in [2.24, 2.45) is 5.16 Å². The Labute approximate surface area is 315 Å². The van der Waals surface area contributed by atoms with Crippen LogP contribution in [0.2, 0.25) is 28.3 Å². The summed E-state index contributed by atoms with van der Waals surface area (Å²) in [7, 11) is -2.04. The van der Waals surface area contributed by atoms with Crippen molar-refractivity contribution in [3.63, 3.8) is 0 Å². The maximum absolute atomic E-state index is 16.8. The predicted molar refractivity (Wildman–Crippen MR) is 210 cm³/mol. The summed E-state index contributed by atoms with van der Waals surface area (Å²) >= 11 is 13.6. The molecule has 0 saturated carbocycles. The molecular formula is C39H46Cl2FN5O4Si. The first-order chi connectivity index (χ1) is 24.4. The number of likely N-dealkylation sites (tertiary alicyclic amines) is 1. The Morgan fingerprint density at radius 2 is 1.88 bits per heavy atom. The average Bonchev–Trinajstić information content (AvgIpc) is 3.05. The number of amides is 1. The van der Waals surface area contributed by atoms with Crippen LogP contribution in [0, 0.1) is 17.1 Å². The van der Waals surface area contributed by atoms with Gasteiger partial charge in [-0.1, -0.05) is 79.5 Å². The van der Waals surface area contributed by atoms with E-state index in [2.05, 4.69) is 55.4 Å². The number of piperidine rings is 1. The molecule has 0 radical (unpaired) electrons. The van der Waals surface area contributed by atoms with Crippen molar-refractivity contribution >= 4 is 71.2 Å². The van der Waals surface area contributed by atoms with Crippen molar-refractivity contribution in [1.82, 2.24) is 9.88 Å². The van der Waals surface area contributed by atoms with E-state index in [0.717, 1.165) is 11.6 Å². The molecule has 2 N–H and O–H groups in total. The molecule has 0 spiro atoms. The van der Waals surface area contributed by atoms with Crippen LogP contribution in [-0.2, 0) is 9.16 Å². The number of hydrogen-bond acceptors (Lipinski definition) is 8. The van der Waals surface area contributed by atoms with Crippen LogP contribution in [0.1, 0.15) is 71.9 Å². The molecule has 2 heterocycles. The molecule has 1 amide bonds. The van der Waals surface area contributed by atoms with Crippen molar-refractivity contribution in [1.29, 1.82) is 5.26 Å². The minimum absolute atomic E-state index is 0.0306. The van der Waals surface area contributed by atoms with Crippen LogP contribution in [-0.4, -0.2) is 66.6 Å². The monoisotopic (exact) mass is 765 g/mol. The first-order valence-corrected chi connectivity index (χ1v) is 21.0. The van der Waals surface area contributed by atoms with Gasteiger partial charge >= 0.3 is 6.09 Å². The Hall–Kier alpha value is -3.95. The van der Waals surface area contributed by atoms with Gasteiger partial charge in [-0.15, -0.1) is 0 Å². The largest absolute Gasteiger partial charge is 0.444 e. The fourth-order valence-corrected chi connectivity index (χ4v) is 8.01. The molecule has 276 valence electrons. The Bertz CT molecular complexity index is 2070. The molecule has 3 aromatic carbocycles. The molecule has 1 saturated heterocycles. The standard InChI is InChI=1S/C39H46Cl2FN5O4Si/c1-38(2,3)51-37(48)47-17-15-25(19-26(47)16-18-50-52(7,8)39(4,5)6)45-34-28-20-30(40)32(33(42)35(28)46-36(41)29(34)22-44-49)27-14-10-12-23-11-9-13-24(21-43)31(23)27/h9-14,20,22,25-26,49H,15-19H2,1-8H3,(H,45,46)/b44-22+/t25-,26+/m0/s1. The summed E-state index contributed by atoms with van der Waals surface area (Å²) in [5.41, 5.74) is 0.862. The third kappa shape index (κ3) is 8.15. The van der Waals surface area contributed by atoms with E-state index in [1.54, 1.807) is 35.2 Å². The van der Waals surface area contributed by atoms with Crippen molar-refractivity contribution in [3.8, 4) is 17.2 Å². The zero-order valence-electron chi connectivity index (χ0n) is 30.9. The Morgan fingerprint density at radius 1 is 1.19 bits per heavy atom. The number of pyridine rings is 1. The number of oxime groups is 1. The molecular weight excluding hydrogens is 720 g/mol. The highest BCUT2D eigenvalue weighted by Gasteiger charge is 2.39. The van der Waals surface area contributed by atoms with Gasteiger partial charge in [-0.2, -0.15) is 5.26 Å². The van der Waals surface area contributed by atoms with E-state index in [1.165, 1.54) is 0 Å². The van der Waals surface area contributed by atoms with E-state index in [4.69, 9.17) is 32.4 Å². The molecule has 0 unspecified atom stereocenters. The summed E-state index contributed by atoms with van der Waals surface area (Å²) in [5, 5.41) is 28.0. The van der Waals surface area contributed by atoms with Crippen LogP contribution in [0.5, 0.6) is 0 Å². The summed E-state index contributed by atoms with van der Waals surface area (Å²) in [6.07, 6.45) is 2.42. The van der Waals surface area contributed by atoms with Crippen LogP contribution in [0.3, 0.4) is 0 Å². The van der Waals surface area contributed by atoms with Gasteiger partial charge in [0.05, 0.1) is 34.1 Å². The third-order valence-corrected chi connectivity index (χ3v) is 15.2. The first-order valence-electron chi connectivity index (χ1n) is 17.4. The number of halogens is 3. The lowest BCUT2D eigenvalue weighted by molar-refractivity contribution is 0.00624. The highest BCUT2D eigenvalue weighted by Crippen LogP contribution is 2.43. The van der Waals surface area contributed by atoms with E-state index in [-0.39, 0.29) is 50.0 Å². The Morgan fingerprint density at radius 3 is 2.52 bits per heavy atom. The van der Waals surface area contributed by atoms with Gasteiger partial charge in [0.2, 0.25) is 0 Å². The van der Waals surface area contributed by atoms with Crippen LogP contribution < -0.4 is 5.32 Å². The van der Waals surface area contributed by atoms with E-state index in [1.807, 2.05) is 32.9 Å². The molecule has 0 bridgehead atoms. The SMILES string of the molecule is CC(C)(C)OC(=O)N1CC[C@H](Nc2c(/C=N/O)c(Cl)nc3c(F)c(-c4cccc5cccc(C#N)c45)c(Cl)cc23)C[C@H]1CCO[Si](C)(C)C(C)(C)C. The van der Waals surface area contributed by atoms with E-state index < -0.39 is 19.7 Å². The van der Waals surface area contributed by atoms with E-state index >= 15 is 4.39 Å². The van der Waals surface area contributed by atoms with Gasteiger partial charge in [-0.05, 0) is 81.2 Å². The van der Waals surface area contributed by atoms with Gasteiger partial charge in [-0.25, -0.2) is 14.2 Å². The van der Waals surface area contributed by atoms with Gasteiger partial charge in [0.25, 0.3) is 0 Å². The molecule has 52 heavy (non-hydrogen) atoms. The normalized spacial score (nSPS) is 17.2. The first kappa shape index (κ1) is 39.3. The fourth-order valence-electron chi connectivity index (χ4n) is 6.42. The lowest BCUT2D eigenvalue weighted by Gasteiger charge is -2.42. The quantitative estimate of drug-likeness (QED) is 0.0602. The number of nitrogens with zero attached hydrogens (tertiary/aromatic N) is 4. The highest BCUT2D eigenvalue weighted by atomic mass is 35.5. The summed E-state index contributed by atoms with van der Waals surface area (Å²) in [6.45, 7) is 17.4. The zero-order chi connectivity index (χ0) is 38.2. The second-order valence-electron chi connectivity index (χ2n) is 15.8. The van der Waals surface area contributed by atoms with Crippen LogP contribution in [0.15, 0.2) is 47.6 Å². The zero-order valence-corrected chi connectivity index (χ0v) is 33.4. The van der Waals surface area contributed by atoms with Crippen molar-refractivity contribution in [2.75, 3.05) is 18.5 Å². The van der Waals surface area contributed by atoms with Crippen molar-refractivity contribution < 1.29 is 23.6 Å². The number of nitriles is 1. The highest BCUT2D eigenvalue weighted by molar-refractivity contribution is 6.74. The molecule has 4 aromatic rings. The summed E-state index contributed by atoms with van der Waals surface area (Å²) in [5.74, 6) is -0.708. The molecule has 1 aliphatic rings. The van der Waals surface area contributed by atoms with E-state index in [0.29, 0.717) is 60.0 Å². The summed E-state index contributed by atoms with van der Waals surface area (Å²) in [4.78, 5) is 19.6. The second-order valence-corrected chi connectivity index (χ2v) is 21.4. The Kier molecular flexibility index (Phi) is 11.5. The number of anilines is 1. The number of hydrogen-bond donors (Lipinski definition) is 2. The summed E-state index contributed by atoms with van der Waals surface area (Å²) in [6, 6.07) is 14.0. The van der Waals surface area contributed by atoms with E-state index in [9.17, 15) is 15.3 Å². The molecule has 0 aliphatic carbocycles.